The lowest BCUT2D eigenvalue weighted by Crippen LogP contribution is -2.26. The topological polar surface area (TPSA) is 38.9 Å². The molecule has 1 unspecified atom stereocenters. The van der Waals surface area contributed by atoms with Gasteiger partial charge in [-0.25, -0.2) is 0 Å². The third kappa shape index (κ3) is 3.49. The Morgan fingerprint density at radius 2 is 1.76 bits per heavy atom. The standard InChI is InChI=1S/C18H17BrN2/c19-15-8-9-17(21-12-15)11-16(20)10-14-6-3-5-13-4-1-2-7-18(13)14/h1-9,12,16H,10-11,20H2. The molecule has 1 aromatic heterocycles. The van der Waals surface area contributed by atoms with E-state index in [1.807, 2.05) is 18.3 Å². The van der Waals surface area contributed by atoms with Gasteiger partial charge in [0.2, 0.25) is 0 Å². The second kappa shape index (κ2) is 6.37. The van der Waals surface area contributed by atoms with Crippen LogP contribution in [0.5, 0.6) is 0 Å². The summed E-state index contributed by atoms with van der Waals surface area (Å²) in [7, 11) is 0. The molecule has 21 heavy (non-hydrogen) atoms. The van der Waals surface area contributed by atoms with Crippen LogP contribution in [0.4, 0.5) is 0 Å². The molecule has 3 rings (SSSR count). The second-order valence-electron chi connectivity index (χ2n) is 5.27. The van der Waals surface area contributed by atoms with Gasteiger partial charge in [0, 0.05) is 28.8 Å². The third-order valence-electron chi connectivity index (χ3n) is 3.62. The van der Waals surface area contributed by atoms with E-state index in [1.54, 1.807) is 0 Å². The van der Waals surface area contributed by atoms with E-state index in [4.69, 9.17) is 5.73 Å². The number of hydrogen-bond acceptors (Lipinski definition) is 2. The summed E-state index contributed by atoms with van der Waals surface area (Å²) in [6.45, 7) is 0. The fraction of sp³-hybridized carbons (Fsp3) is 0.167. The molecule has 0 aliphatic rings. The van der Waals surface area contributed by atoms with Crippen molar-refractivity contribution in [2.75, 3.05) is 0 Å². The SMILES string of the molecule is NC(Cc1ccc(Br)cn1)Cc1cccc2ccccc12. The minimum atomic E-state index is 0.0736. The zero-order chi connectivity index (χ0) is 14.7. The maximum Gasteiger partial charge on any atom is 0.0420 e. The molecule has 3 aromatic rings. The fourth-order valence-electron chi connectivity index (χ4n) is 2.62. The van der Waals surface area contributed by atoms with E-state index in [0.717, 1.165) is 23.0 Å². The molecule has 0 amide bonds. The Hall–Kier alpha value is -1.71. The first kappa shape index (κ1) is 14.2. The number of benzene rings is 2. The molecule has 0 saturated heterocycles. The van der Waals surface area contributed by atoms with Crippen LogP contribution in [0.2, 0.25) is 0 Å². The molecule has 1 heterocycles. The molecule has 0 aliphatic heterocycles. The van der Waals surface area contributed by atoms with Gasteiger partial charge in [-0.2, -0.15) is 0 Å². The Morgan fingerprint density at radius 3 is 2.57 bits per heavy atom. The smallest absolute Gasteiger partial charge is 0.0420 e. The highest BCUT2D eigenvalue weighted by molar-refractivity contribution is 9.10. The van der Waals surface area contributed by atoms with E-state index in [0.29, 0.717) is 0 Å². The van der Waals surface area contributed by atoms with Crippen LogP contribution in [0.3, 0.4) is 0 Å². The number of fused-ring (bicyclic) bond motifs is 1. The van der Waals surface area contributed by atoms with Crippen molar-refractivity contribution in [3.8, 4) is 0 Å². The molecule has 0 saturated carbocycles. The second-order valence-corrected chi connectivity index (χ2v) is 6.19. The van der Waals surface area contributed by atoms with Crippen LogP contribution >= 0.6 is 15.9 Å². The summed E-state index contributed by atoms with van der Waals surface area (Å²) in [6, 6.07) is 19.0. The summed E-state index contributed by atoms with van der Waals surface area (Å²) in [4.78, 5) is 4.40. The van der Waals surface area contributed by atoms with Crippen LogP contribution in [-0.2, 0) is 12.8 Å². The van der Waals surface area contributed by atoms with Gasteiger partial charge < -0.3 is 5.73 Å². The predicted octanol–water partition coefficient (Wildman–Crippen LogP) is 4.11. The molecule has 0 radical (unpaired) electrons. The van der Waals surface area contributed by atoms with Crippen LogP contribution in [0.1, 0.15) is 11.3 Å². The Bertz CT molecular complexity index is 732. The molecule has 106 valence electrons. The first-order valence-electron chi connectivity index (χ1n) is 7.05. The molecule has 0 spiro atoms. The number of rotatable bonds is 4. The molecular weight excluding hydrogens is 324 g/mol. The average molecular weight is 341 g/mol. The van der Waals surface area contributed by atoms with Crippen LogP contribution in [0, 0.1) is 0 Å². The van der Waals surface area contributed by atoms with Gasteiger partial charge in [0.1, 0.15) is 0 Å². The van der Waals surface area contributed by atoms with Crippen molar-refractivity contribution in [1.82, 2.24) is 4.98 Å². The summed E-state index contributed by atoms with van der Waals surface area (Å²) in [6.07, 6.45) is 3.47. The number of halogens is 1. The molecule has 0 bridgehead atoms. The van der Waals surface area contributed by atoms with Crippen LogP contribution in [0.25, 0.3) is 10.8 Å². The van der Waals surface area contributed by atoms with Crippen LogP contribution in [0.15, 0.2) is 65.3 Å². The van der Waals surface area contributed by atoms with Gasteiger partial charge in [0.25, 0.3) is 0 Å². The molecular formula is C18H17BrN2. The summed E-state index contributed by atoms with van der Waals surface area (Å²) < 4.78 is 0.994. The zero-order valence-electron chi connectivity index (χ0n) is 11.7. The highest BCUT2D eigenvalue weighted by atomic mass is 79.9. The maximum absolute atomic E-state index is 6.32. The number of aromatic nitrogens is 1. The van der Waals surface area contributed by atoms with E-state index in [9.17, 15) is 0 Å². The monoisotopic (exact) mass is 340 g/mol. The normalized spacial score (nSPS) is 12.5. The molecule has 3 heteroatoms. The van der Waals surface area contributed by atoms with Crippen molar-refractivity contribution in [3.63, 3.8) is 0 Å². The Morgan fingerprint density at radius 1 is 0.952 bits per heavy atom. The fourth-order valence-corrected chi connectivity index (χ4v) is 2.86. The Balaban J connectivity index is 1.77. The van der Waals surface area contributed by atoms with E-state index >= 15 is 0 Å². The van der Waals surface area contributed by atoms with E-state index < -0.39 is 0 Å². The Kier molecular flexibility index (Phi) is 4.32. The van der Waals surface area contributed by atoms with Gasteiger partial charge in [-0.1, -0.05) is 42.5 Å². The molecule has 1 atom stereocenters. The van der Waals surface area contributed by atoms with Crippen molar-refractivity contribution in [3.05, 3.63) is 76.5 Å². The molecule has 0 aliphatic carbocycles. The van der Waals surface area contributed by atoms with Crippen LogP contribution in [-0.4, -0.2) is 11.0 Å². The van der Waals surface area contributed by atoms with Crippen LogP contribution < -0.4 is 5.73 Å². The number of pyridine rings is 1. The highest BCUT2D eigenvalue weighted by Crippen LogP contribution is 2.20. The van der Waals surface area contributed by atoms with Gasteiger partial charge in [0.15, 0.2) is 0 Å². The van der Waals surface area contributed by atoms with Crippen molar-refractivity contribution in [2.45, 2.75) is 18.9 Å². The zero-order valence-corrected chi connectivity index (χ0v) is 13.3. The van der Waals surface area contributed by atoms with E-state index in [1.165, 1.54) is 16.3 Å². The molecule has 2 N–H and O–H groups in total. The first-order chi connectivity index (χ1) is 10.2. The van der Waals surface area contributed by atoms with Crippen molar-refractivity contribution in [1.29, 1.82) is 0 Å². The van der Waals surface area contributed by atoms with Gasteiger partial charge >= 0.3 is 0 Å². The molecule has 2 nitrogen and oxygen atoms in total. The molecule has 2 aromatic carbocycles. The molecule has 0 fully saturated rings. The van der Waals surface area contributed by atoms with E-state index in [-0.39, 0.29) is 6.04 Å². The number of hydrogen-bond donors (Lipinski definition) is 1. The van der Waals surface area contributed by atoms with Gasteiger partial charge in [0.05, 0.1) is 0 Å². The lowest BCUT2D eigenvalue weighted by Gasteiger charge is -2.13. The lowest BCUT2D eigenvalue weighted by atomic mass is 9.97. The summed E-state index contributed by atoms with van der Waals surface area (Å²) >= 11 is 3.40. The van der Waals surface area contributed by atoms with Gasteiger partial charge in [-0.05, 0) is 50.8 Å². The summed E-state index contributed by atoms with van der Waals surface area (Å²) in [5.41, 5.74) is 8.65. The number of nitrogens with two attached hydrogens (primary N) is 1. The predicted molar refractivity (Wildman–Crippen MR) is 91.3 cm³/mol. The largest absolute Gasteiger partial charge is 0.327 e. The quantitative estimate of drug-likeness (QED) is 0.776. The Labute approximate surface area is 133 Å². The van der Waals surface area contributed by atoms with Gasteiger partial charge in [-0.3, -0.25) is 4.98 Å². The summed E-state index contributed by atoms with van der Waals surface area (Å²) in [5.74, 6) is 0. The van der Waals surface area contributed by atoms with Crippen molar-refractivity contribution >= 4 is 26.7 Å². The highest BCUT2D eigenvalue weighted by Gasteiger charge is 2.09. The average Bonchev–Trinajstić information content (AvgIpc) is 2.50. The minimum absolute atomic E-state index is 0.0736. The van der Waals surface area contributed by atoms with Crippen molar-refractivity contribution in [2.24, 2.45) is 5.73 Å². The van der Waals surface area contributed by atoms with Crippen molar-refractivity contribution < 1.29 is 0 Å². The first-order valence-corrected chi connectivity index (χ1v) is 7.84. The lowest BCUT2D eigenvalue weighted by molar-refractivity contribution is 0.656. The summed E-state index contributed by atoms with van der Waals surface area (Å²) in [5, 5.41) is 2.56. The van der Waals surface area contributed by atoms with E-state index in [2.05, 4.69) is 63.4 Å². The maximum atomic E-state index is 6.32. The minimum Gasteiger partial charge on any atom is -0.327 e. The number of nitrogens with zero attached hydrogens (tertiary/aromatic N) is 1. The third-order valence-corrected chi connectivity index (χ3v) is 4.09. The van der Waals surface area contributed by atoms with Gasteiger partial charge in [-0.15, -0.1) is 0 Å².